The van der Waals surface area contributed by atoms with Gasteiger partial charge in [0.1, 0.15) is 0 Å². The SMILES string of the molecule is O[C@@H]1C[C@@H]2C[C@]2(Cn2cnc3c(NCc4cccc(Cl)c4)nc(Cl)nc32)[C@@H]1O. The molecule has 1 aromatic carbocycles. The quantitative estimate of drug-likeness (QED) is 0.550. The van der Waals surface area contributed by atoms with E-state index in [1.54, 1.807) is 6.33 Å². The van der Waals surface area contributed by atoms with Gasteiger partial charge in [-0.3, -0.25) is 0 Å². The third-order valence-corrected chi connectivity index (χ3v) is 6.41. The lowest BCUT2D eigenvalue weighted by Crippen LogP contribution is -2.32. The second kappa shape index (κ2) is 6.56. The van der Waals surface area contributed by atoms with E-state index < -0.39 is 12.2 Å². The number of imidazole rings is 1. The summed E-state index contributed by atoms with van der Waals surface area (Å²) in [6.45, 7) is 1.07. The van der Waals surface area contributed by atoms with Crippen molar-refractivity contribution in [2.45, 2.75) is 38.1 Å². The van der Waals surface area contributed by atoms with E-state index in [0.29, 0.717) is 47.4 Å². The number of hydrogen-bond donors (Lipinski definition) is 3. The van der Waals surface area contributed by atoms with Crippen molar-refractivity contribution in [2.24, 2.45) is 11.3 Å². The van der Waals surface area contributed by atoms with Crippen LogP contribution in [0.4, 0.5) is 5.82 Å². The molecule has 0 bridgehead atoms. The lowest BCUT2D eigenvalue weighted by atomic mass is 9.99. The Labute approximate surface area is 171 Å². The second-order valence-corrected chi connectivity index (χ2v) is 8.53. The zero-order chi connectivity index (χ0) is 19.5. The average molecular weight is 420 g/mol. The highest BCUT2D eigenvalue weighted by Gasteiger charge is 2.66. The van der Waals surface area contributed by atoms with Crippen LogP contribution in [-0.4, -0.2) is 41.9 Å². The predicted molar refractivity (Wildman–Crippen MR) is 106 cm³/mol. The summed E-state index contributed by atoms with van der Waals surface area (Å²) in [5.41, 5.74) is 1.95. The standard InChI is InChI=1S/C19H19Cl2N5O2/c20-12-3-1-2-10(4-12)7-22-16-14-17(25-18(21)24-16)26(9-23-14)8-19-6-11(19)5-13(27)15(19)28/h1-4,9,11,13,15,27-28H,5-8H2,(H,22,24,25)/t11-,13-,15-,19-/m1/s1. The van der Waals surface area contributed by atoms with Crippen molar-refractivity contribution in [1.29, 1.82) is 0 Å². The number of benzene rings is 1. The number of fused-ring (bicyclic) bond motifs is 2. The Bertz CT molecular complexity index is 1060. The second-order valence-electron chi connectivity index (χ2n) is 7.75. The monoisotopic (exact) mass is 419 g/mol. The van der Waals surface area contributed by atoms with Gasteiger partial charge in [0.25, 0.3) is 0 Å². The van der Waals surface area contributed by atoms with E-state index in [9.17, 15) is 10.2 Å². The molecule has 0 unspecified atom stereocenters. The van der Waals surface area contributed by atoms with Gasteiger partial charge in [0.05, 0.1) is 18.5 Å². The summed E-state index contributed by atoms with van der Waals surface area (Å²) in [6, 6.07) is 7.57. The van der Waals surface area contributed by atoms with Crippen molar-refractivity contribution in [1.82, 2.24) is 19.5 Å². The highest BCUT2D eigenvalue weighted by atomic mass is 35.5. The summed E-state index contributed by atoms with van der Waals surface area (Å²) in [7, 11) is 0. The third-order valence-electron chi connectivity index (χ3n) is 6.01. The molecule has 3 N–H and O–H groups in total. The Morgan fingerprint density at radius 2 is 2.11 bits per heavy atom. The third kappa shape index (κ3) is 2.93. The van der Waals surface area contributed by atoms with Crippen LogP contribution in [-0.2, 0) is 13.1 Å². The summed E-state index contributed by atoms with van der Waals surface area (Å²) in [5.74, 6) is 0.887. The summed E-state index contributed by atoms with van der Waals surface area (Å²) in [5, 5.41) is 24.4. The average Bonchev–Trinajstić information content (AvgIpc) is 3.11. The Kier molecular flexibility index (Phi) is 4.24. The van der Waals surface area contributed by atoms with Crippen LogP contribution in [0.2, 0.25) is 10.3 Å². The van der Waals surface area contributed by atoms with Crippen molar-refractivity contribution in [3.05, 3.63) is 46.5 Å². The first kappa shape index (κ1) is 18.1. The summed E-state index contributed by atoms with van der Waals surface area (Å²) in [4.78, 5) is 13.1. The van der Waals surface area contributed by atoms with Crippen molar-refractivity contribution >= 4 is 40.2 Å². The minimum Gasteiger partial charge on any atom is -0.390 e. The molecule has 2 aromatic heterocycles. The molecule has 9 heteroatoms. The van der Waals surface area contributed by atoms with Gasteiger partial charge in [0.15, 0.2) is 17.0 Å². The Morgan fingerprint density at radius 1 is 1.25 bits per heavy atom. The first-order chi connectivity index (χ1) is 13.5. The summed E-state index contributed by atoms with van der Waals surface area (Å²) in [6.07, 6.45) is 1.89. The zero-order valence-electron chi connectivity index (χ0n) is 14.9. The van der Waals surface area contributed by atoms with Gasteiger partial charge in [0.2, 0.25) is 5.28 Å². The van der Waals surface area contributed by atoms with Crippen molar-refractivity contribution in [2.75, 3.05) is 5.32 Å². The highest BCUT2D eigenvalue weighted by molar-refractivity contribution is 6.30. The molecular formula is C19H19Cl2N5O2. The minimum absolute atomic E-state index is 0.125. The number of halogens is 2. The van der Waals surface area contributed by atoms with Gasteiger partial charge in [-0.05, 0) is 48.1 Å². The number of hydrogen-bond acceptors (Lipinski definition) is 6. The summed E-state index contributed by atoms with van der Waals surface area (Å²) >= 11 is 12.2. The molecular weight excluding hydrogens is 401 g/mol. The van der Waals surface area contributed by atoms with Crippen molar-refractivity contribution < 1.29 is 10.2 Å². The number of aromatic nitrogens is 4. The number of anilines is 1. The lowest BCUT2D eigenvalue weighted by Gasteiger charge is -2.21. The molecule has 0 spiro atoms. The van der Waals surface area contributed by atoms with E-state index >= 15 is 0 Å². The van der Waals surface area contributed by atoms with Crippen molar-refractivity contribution in [3.63, 3.8) is 0 Å². The molecule has 2 aliphatic rings. The molecule has 0 saturated heterocycles. The Hall–Kier alpha value is -1.93. The van der Waals surface area contributed by atoms with Crippen LogP contribution in [0.15, 0.2) is 30.6 Å². The number of nitrogens with zero attached hydrogens (tertiary/aromatic N) is 4. The first-order valence-electron chi connectivity index (χ1n) is 9.19. The van der Waals surface area contributed by atoms with Gasteiger partial charge in [-0.1, -0.05) is 23.7 Å². The fraction of sp³-hybridized carbons (Fsp3) is 0.421. The van der Waals surface area contributed by atoms with Crippen LogP contribution in [0.5, 0.6) is 0 Å². The van der Waals surface area contributed by atoms with E-state index in [0.717, 1.165) is 12.0 Å². The molecule has 0 aliphatic heterocycles. The van der Waals surface area contributed by atoms with E-state index in [1.165, 1.54) is 0 Å². The van der Waals surface area contributed by atoms with E-state index in [2.05, 4.69) is 20.3 Å². The maximum Gasteiger partial charge on any atom is 0.226 e. The molecule has 2 heterocycles. The van der Waals surface area contributed by atoms with Crippen LogP contribution in [0, 0.1) is 11.3 Å². The van der Waals surface area contributed by atoms with Gasteiger partial charge in [-0.15, -0.1) is 0 Å². The Balaban J connectivity index is 1.43. The fourth-order valence-electron chi connectivity index (χ4n) is 4.48. The van der Waals surface area contributed by atoms with Gasteiger partial charge in [-0.25, -0.2) is 4.98 Å². The molecule has 2 saturated carbocycles. The number of nitrogens with one attached hydrogen (secondary N) is 1. The molecule has 4 atom stereocenters. The predicted octanol–water partition coefficient (Wildman–Crippen LogP) is 2.88. The van der Waals surface area contributed by atoms with Gasteiger partial charge in [0, 0.05) is 23.5 Å². The van der Waals surface area contributed by atoms with Crippen LogP contribution in [0.25, 0.3) is 11.2 Å². The number of rotatable bonds is 5. The number of aliphatic hydroxyl groups is 2. The molecule has 2 fully saturated rings. The lowest BCUT2D eigenvalue weighted by molar-refractivity contribution is -0.00664. The maximum atomic E-state index is 10.4. The van der Waals surface area contributed by atoms with Crippen LogP contribution >= 0.6 is 23.2 Å². The fourth-order valence-corrected chi connectivity index (χ4v) is 4.85. The molecule has 146 valence electrons. The normalized spacial score (nSPS) is 28.5. The van der Waals surface area contributed by atoms with Gasteiger partial charge in [-0.2, -0.15) is 9.97 Å². The van der Waals surface area contributed by atoms with Crippen LogP contribution < -0.4 is 5.32 Å². The van der Waals surface area contributed by atoms with E-state index in [4.69, 9.17) is 23.2 Å². The van der Waals surface area contributed by atoms with Gasteiger partial charge >= 0.3 is 0 Å². The van der Waals surface area contributed by atoms with Gasteiger partial charge < -0.3 is 20.1 Å². The topological polar surface area (TPSA) is 96.1 Å². The smallest absolute Gasteiger partial charge is 0.226 e. The molecule has 0 radical (unpaired) electrons. The molecule has 2 aliphatic carbocycles. The summed E-state index contributed by atoms with van der Waals surface area (Å²) < 4.78 is 1.90. The van der Waals surface area contributed by atoms with E-state index in [-0.39, 0.29) is 10.7 Å². The van der Waals surface area contributed by atoms with Crippen molar-refractivity contribution in [3.8, 4) is 0 Å². The van der Waals surface area contributed by atoms with Crippen LogP contribution in [0.1, 0.15) is 18.4 Å². The number of aliphatic hydroxyl groups excluding tert-OH is 2. The molecule has 3 aromatic rings. The maximum absolute atomic E-state index is 10.4. The molecule has 0 amide bonds. The zero-order valence-corrected chi connectivity index (χ0v) is 16.4. The first-order valence-corrected chi connectivity index (χ1v) is 9.95. The highest BCUT2D eigenvalue weighted by Crippen LogP contribution is 2.64. The molecule has 7 nitrogen and oxygen atoms in total. The molecule has 5 rings (SSSR count). The Morgan fingerprint density at radius 3 is 2.86 bits per heavy atom. The molecule has 28 heavy (non-hydrogen) atoms. The minimum atomic E-state index is -0.715. The largest absolute Gasteiger partial charge is 0.390 e. The van der Waals surface area contributed by atoms with Crippen LogP contribution in [0.3, 0.4) is 0 Å². The van der Waals surface area contributed by atoms with E-state index in [1.807, 2.05) is 28.8 Å².